The van der Waals surface area contributed by atoms with E-state index in [1.165, 1.54) is 0 Å². The molecule has 1 N–H and O–H groups in total. The van der Waals surface area contributed by atoms with Crippen LogP contribution in [0.5, 0.6) is 23.0 Å². The van der Waals surface area contributed by atoms with Gasteiger partial charge in [-0.3, -0.25) is 9.69 Å². The van der Waals surface area contributed by atoms with Gasteiger partial charge in [-0.25, -0.2) is 0 Å². The number of nitrogens with one attached hydrogen (secondary N) is 1. The summed E-state index contributed by atoms with van der Waals surface area (Å²) in [6, 6.07) is 11.4. The van der Waals surface area contributed by atoms with Crippen LogP contribution in [0.25, 0.3) is 0 Å². The lowest BCUT2D eigenvalue weighted by atomic mass is 10.0. The summed E-state index contributed by atoms with van der Waals surface area (Å²) in [5.74, 6) is 2.17. The predicted octanol–water partition coefficient (Wildman–Crippen LogP) is 3.29. The van der Waals surface area contributed by atoms with E-state index >= 15 is 0 Å². The van der Waals surface area contributed by atoms with Gasteiger partial charge < -0.3 is 24.3 Å². The second-order valence-corrected chi connectivity index (χ2v) is 6.93. The quantitative estimate of drug-likeness (QED) is 0.679. The maximum Gasteiger partial charge on any atom is 0.251 e. The molecule has 0 fully saturated rings. The summed E-state index contributed by atoms with van der Waals surface area (Å²) >= 11 is 0. The van der Waals surface area contributed by atoms with Crippen LogP contribution in [-0.2, 0) is 0 Å². The van der Waals surface area contributed by atoms with Crippen molar-refractivity contribution in [2.75, 3.05) is 47.1 Å². The highest BCUT2D eigenvalue weighted by atomic mass is 16.6. The molecule has 1 unspecified atom stereocenters. The molecule has 0 saturated heterocycles. The van der Waals surface area contributed by atoms with E-state index < -0.39 is 0 Å². The largest absolute Gasteiger partial charge is 0.497 e. The van der Waals surface area contributed by atoms with Gasteiger partial charge in [0.1, 0.15) is 19.0 Å². The number of nitrogens with zero attached hydrogens (tertiary/aromatic N) is 1. The zero-order chi connectivity index (χ0) is 21.5. The normalized spacial score (nSPS) is 13.6. The van der Waals surface area contributed by atoms with Crippen LogP contribution in [-0.4, -0.2) is 57.9 Å². The fourth-order valence-electron chi connectivity index (χ4n) is 3.67. The molecule has 0 spiro atoms. The molecule has 7 nitrogen and oxygen atoms in total. The van der Waals surface area contributed by atoms with Gasteiger partial charge in [-0.2, -0.15) is 0 Å². The number of likely N-dealkylation sites (N-methyl/N-ethyl adjacent to an activating group) is 1. The third-order valence-corrected chi connectivity index (χ3v) is 5.28. The number of carbonyl (C=O) groups is 1. The van der Waals surface area contributed by atoms with Crippen molar-refractivity contribution < 1.29 is 23.7 Å². The third-order valence-electron chi connectivity index (χ3n) is 5.28. The first kappa shape index (κ1) is 21.8. The molecule has 1 atom stereocenters. The van der Waals surface area contributed by atoms with Gasteiger partial charge in [0.2, 0.25) is 5.75 Å². The van der Waals surface area contributed by atoms with Gasteiger partial charge in [0.05, 0.1) is 20.3 Å². The second kappa shape index (κ2) is 10.2. The van der Waals surface area contributed by atoms with E-state index in [2.05, 4.69) is 30.1 Å². The third kappa shape index (κ3) is 4.79. The summed E-state index contributed by atoms with van der Waals surface area (Å²) in [4.78, 5) is 15.3. The summed E-state index contributed by atoms with van der Waals surface area (Å²) in [5.41, 5.74) is 1.57. The number of rotatable bonds is 9. The molecule has 0 bridgehead atoms. The molecular formula is C23H30N2O5. The minimum Gasteiger partial charge on any atom is -0.497 e. The molecule has 162 valence electrons. The lowest BCUT2D eigenvalue weighted by molar-refractivity contribution is 0.0933. The van der Waals surface area contributed by atoms with Crippen LogP contribution in [0.4, 0.5) is 0 Å². The average molecular weight is 415 g/mol. The molecule has 7 heteroatoms. The summed E-state index contributed by atoms with van der Waals surface area (Å²) in [7, 11) is 3.21. The van der Waals surface area contributed by atoms with Crippen molar-refractivity contribution in [2.45, 2.75) is 19.9 Å². The molecule has 1 aliphatic heterocycles. The molecule has 3 rings (SSSR count). The Morgan fingerprint density at radius 3 is 2.57 bits per heavy atom. The summed E-state index contributed by atoms with van der Waals surface area (Å²) < 4.78 is 22.0. The molecule has 1 amide bonds. The van der Waals surface area contributed by atoms with Crippen molar-refractivity contribution in [3.05, 3.63) is 47.5 Å². The van der Waals surface area contributed by atoms with Crippen LogP contribution in [0.15, 0.2) is 36.4 Å². The van der Waals surface area contributed by atoms with Gasteiger partial charge in [0.25, 0.3) is 5.91 Å². The van der Waals surface area contributed by atoms with Gasteiger partial charge in [-0.05, 0) is 42.9 Å². The van der Waals surface area contributed by atoms with Crippen molar-refractivity contribution in [3.8, 4) is 23.0 Å². The van der Waals surface area contributed by atoms with E-state index in [4.69, 9.17) is 18.9 Å². The molecule has 2 aromatic carbocycles. The summed E-state index contributed by atoms with van der Waals surface area (Å²) in [6.45, 7) is 7.33. The molecule has 0 saturated carbocycles. The number of methoxy groups -OCH3 is 2. The number of benzene rings is 2. The van der Waals surface area contributed by atoms with Crippen LogP contribution in [0.1, 0.15) is 35.8 Å². The molecule has 2 aromatic rings. The number of carbonyl (C=O) groups excluding carboxylic acids is 1. The first-order valence-electron chi connectivity index (χ1n) is 10.2. The molecule has 0 aromatic heterocycles. The highest BCUT2D eigenvalue weighted by Gasteiger charge is 2.23. The topological polar surface area (TPSA) is 69.3 Å². The van der Waals surface area contributed by atoms with Gasteiger partial charge in [0.15, 0.2) is 11.5 Å². The predicted molar refractivity (Wildman–Crippen MR) is 115 cm³/mol. The SMILES string of the molecule is CCN(CC)C(CNC(=O)c1cc(OC)c2c(c1)OCCO2)c1cccc(OC)c1. The maximum atomic E-state index is 13.0. The van der Waals surface area contributed by atoms with Crippen molar-refractivity contribution in [1.82, 2.24) is 10.2 Å². The van der Waals surface area contributed by atoms with Crippen LogP contribution >= 0.6 is 0 Å². The highest BCUT2D eigenvalue weighted by molar-refractivity contribution is 5.95. The van der Waals surface area contributed by atoms with Crippen molar-refractivity contribution in [2.24, 2.45) is 0 Å². The molecule has 1 heterocycles. The summed E-state index contributed by atoms with van der Waals surface area (Å²) in [6.07, 6.45) is 0. The molecule has 1 aliphatic rings. The van der Waals surface area contributed by atoms with Crippen LogP contribution in [0.3, 0.4) is 0 Å². The zero-order valence-electron chi connectivity index (χ0n) is 18.1. The Morgan fingerprint density at radius 2 is 1.87 bits per heavy atom. The van der Waals surface area contributed by atoms with Gasteiger partial charge >= 0.3 is 0 Å². The van der Waals surface area contributed by atoms with Gasteiger partial charge in [-0.1, -0.05) is 26.0 Å². The molecular weight excluding hydrogens is 384 g/mol. The average Bonchev–Trinajstić information content (AvgIpc) is 2.80. The summed E-state index contributed by atoms with van der Waals surface area (Å²) in [5, 5.41) is 3.07. The van der Waals surface area contributed by atoms with Crippen molar-refractivity contribution >= 4 is 5.91 Å². The van der Waals surface area contributed by atoms with Gasteiger partial charge in [-0.15, -0.1) is 0 Å². The Bertz CT molecular complexity index is 849. The monoisotopic (exact) mass is 414 g/mol. The number of amides is 1. The minimum absolute atomic E-state index is 0.0261. The second-order valence-electron chi connectivity index (χ2n) is 6.93. The Morgan fingerprint density at radius 1 is 1.10 bits per heavy atom. The lowest BCUT2D eigenvalue weighted by Gasteiger charge is -2.30. The fourth-order valence-corrected chi connectivity index (χ4v) is 3.67. The van der Waals surface area contributed by atoms with Crippen molar-refractivity contribution in [1.29, 1.82) is 0 Å². The van der Waals surface area contributed by atoms with Crippen LogP contribution < -0.4 is 24.3 Å². The Hall–Kier alpha value is -2.93. The minimum atomic E-state index is -0.190. The lowest BCUT2D eigenvalue weighted by Crippen LogP contribution is -2.38. The van der Waals surface area contributed by atoms with Crippen LogP contribution in [0.2, 0.25) is 0 Å². The van der Waals surface area contributed by atoms with E-state index in [1.54, 1.807) is 26.4 Å². The first-order chi connectivity index (χ1) is 14.6. The maximum absolute atomic E-state index is 13.0. The number of hydrogen-bond acceptors (Lipinski definition) is 6. The van der Waals surface area contributed by atoms with E-state index in [9.17, 15) is 4.79 Å². The standard InChI is InChI=1S/C23H30N2O5/c1-5-25(6-2)19(16-8-7-9-18(12-16)27-3)15-24-23(26)17-13-20(28-4)22-21(14-17)29-10-11-30-22/h7-9,12-14,19H,5-6,10-11,15H2,1-4H3,(H,24,26). The molecule has 30 heavy (non-hydrogen) atoms. The highest BCUT2D eigenvalue weighted by Crippen LogP contribution is 2.40. The fraction of sp³-hybridized carbons (Fsp3) is 0.435. The number of ether oxygens (including phenoxy) is 4. The Balaban J connectivity index is 1.80. The smallest absolute Gasteiger partial charge is 0.251 e. The van der Waals surface area contributed by atoms with E-state index in [0.717, 1.165) is 24.4 Å². The van der Waals surface area contributed by atoms with E-state index in [1.807, 2.05) is 18.2 Å². The zero-order valence-corrected chi connectivity index (χ0v) is 18.1. The van der Waals surface area contributed by atoms with Crippen LogP contribution in [0, 0.1) is 0 Å². The Kier molecular flexibility index (Phi) is 7.41. The van der Waals surface area contributed by atoms with E-state index in [0.29, 0.717) is 42.6 Å². The Labute approximate surface area is 177 Å². The molecule has 0 aliphatic carbocycles. The molecule has 0 radical (unpaired) electrons. The van der Waals surface area contributed by atoms with E-state index in [-0.39, 0.29) is 11.9 Å². The van der Waals surface area contributed by atoms with Crippen molar-refractivity contribution in [3.63, 3.8) is 0 Å². The van der Waals surface area contributed by atoms with Gasteiger partial charge in [0, 0.05) is 12.1 Å². The number of fused-ring (bicyclic) bond motifs is 1. The first-order valence-corrected chi connectivity index (χ1v) is 10.2. The number of hydrogen-bond donors (Lipinski definition) is 1.